The quantitative estimate of drug-likeness (QED) is 0.665. The Morgan fingerprint density at radius 3 is 2.95 bits per heavy atom. The molecule has 104 valence electrons. The van der Waals surface area contributed by atoms with Crippen molar-refractivity contribution in [1.29, 1.82) is 0 Å². The van der Waals surface area contributed by atoms with Gasteiger partial charge in [-0.2, -0.15) is 0 Å². The molecule has 1 aliphatic heterocycles. The summed E-state index contributed by atoms with van der Waals surface area (Å²) in [7, 11) is 0. The van der Waals surface area contributed by atoms with Gasteiger partial charge in [0.25, 0.3) is 5.69 Å². The first kappa shape index (κ1) is 13.7. The van der Waals surface area contributed by atoms with Crippen LogP contribution in [0.3, 0.4) is 0 Å². The second-order valence-corrected chi connectivity index (χ2v) is 5.20. The van der Waals surface area contributed by atoms with Gasteiger partial charge in [0.1, 0.15) is 12.0 Å². The molecule has 0 spiro atoms. The molecular weight excluding hydrogens is 244 g/mol. The van der Waals surface area contributed by atoms with Crippen molar-refractivity contribution in [3.8, 4) is 0 Å². The van der Waals surface area contributed by atoms with Crippen LogP contribution >= 0.6 is 0 Å². The molecule has 0 amide bonds. The van der Waals surface area contributed by atoms with Crippen molar-refractivity contribution >= 4 is 11.5 Å². The monoisotopic (exact) mass is 264 g/mol. The molecule has 0 saturated carbocycles. The van der Waals surface area contributed by atoms with Gasteiger partial charge in [0.05, 0.1) is 4.92 Å². The molecule has 1 saturated heterocycles. The van der Waals surface area contributed by atoms with E-state index in [9.17, 15) is 10.1 Å². The number of hydrogen-bond acceptors (Lipinski definition) is 5. The summed E-state index contributed by atoms with van der Waals surface area (Å²) in [5.74, 6) is 1.32. The topological polar surface area (TPSA) is 85.3 Å². The second-order valence-electron chi connectivity index (χ2n) is 5.20. The lowest BCUT2D eigenvalue weighted by atomic mass is 9.91. The highest BCUT2D eigenvalue weighted by Gasteiger charge is 2.28. The number of nitrogens with two attached hydrogens (primary N) is 1. The Hall–Kier alpha value is -1.69. The molecule has 0 aromatic carbocycles. The summed E-state index contributed by atoms with van der Waals surface area (Å²) < 4.78 is 0. The van der Waals surface area contributed by atoms with Gasteiger partial charge in [0.2, 0.25) is 0 Å². The summed E-state index contributed by atoms with van der Waals surface area (Å²) in [6.45, 7) is 5.44. The van der Waals surface area contributed by atoms with Gasteiger partial charge in [0, 0.05) is 24.7 Å². The lowest BCUT2D eigenvalue weighted by molar-refractivity contribution is -0.385. The van der Waals surface area contributed by atoms with E-state index in [-0.39, 0.29) is 11.7 Å². The minimum Gasteiger partial charge on any atom is -0.352 e. The normalized spacial score (nSPS) is 23.4. The third-order valence-electron chi connectivity index (χ3n) is 3.92. The maximum Gasteiger partial charge on any atom is 0.290 e. The van der Waals surface area contributed by atoms with Gasteiger partial charge in [-0.05, 0) is 31.7 Å². The second kappa shape index (κ2) is 5.52. The molecule has 6 nitrogen and oxygen atoms in total. The number of piperidine rings is 1. The van der Waals surface area contributed by atoms with Crippen molar-refractivity contribution < 1.29 is 4.92 Å². The Kier molecular flexibility index (Phi) is 3.99. The third kappa shape index (κ3) is 2.68. The van der Waals surface area contributed by atoms with Crippen molar-refractivity contribution in [3.63, 3.8) is 0 Å². The van der Waals surface area contributed by atoms with E-state index in [4.69, 9.17) is 5.73 Å². The Balaban J connectivity index is 2.30. The van der Waals surface area contributed by atoms with Gasteiger partial charge < -0.3 is 10.6 Å². The van der Waals surface area contributed by atoms with Crippen molar-refractivity contribution in [2.24, 2.45) is 11.7 Å². The molecule has 2 atom stereocenters. The van der Waals surface area contributed by atoms with Gasteiger partial charge in [-0.15, -0.1) is 0 Å². The predicted molar refractivity (Wildman–Crippen MR) is 74.2 cm³/mol. The fourth-order valence-corrected chi connectivity index (χ4v) is 2.78. The van der Waals surface area contributed by atoms with E-state index in [1.807, 2.05) is 0 Å². The first-order chi connectivity index (χ1) is 9.04. The van der Waals surface area contributed by atoms with E-state index in [1.165, 1.54) is 12.6 Å². The van der Waals surface area contributed by atoms with Crippen LogP contribution in [0.15, 0.2) is 12.3 Å². The number of nitrogens with zero attached hydrogens (tertiary/aromatic N) is 3. The zero-order chi connectivity index (χ0) is 14.0. The van der Waals surface area contributed by atoms with Crippen LogP contribution in [0.1, 0.15) is 25.3 Å². The largest absolute Gasteiger partial charge is 0.352 e. The Labute approximate surface area is 112 Å². The molecule has 1 aliphatic rings. The highest BCUT2D eigenvalue weighted by atomic mass is 16.6. The number of hydrogen-bond donors (Lipinski definition) is 1. The average Bonchev–Trinajstić information content (AvgIpc) is 2.37. The minimum atomic E-state index is -0.397. The van der Waals surface area contributed by atoms with Crippen molar-refractivity contribution in [2.45, 2.75) is 32.7 Å². The summed E-state index contributed by atoms with van der Waals surface area (Å²) in [6, 6.07) is 2.06. The summed E-state index contributed by atoms with van der Waals surface area (Å²) in [4.78, 5) is 16.8. The maximum absolute atomic E-state index is 10.8. The third-order valence-corrected chi connectivity index (χ3v) is 3.92. The molecule has 19 heavy (non-hydrogen) atoms. The van der Waals surface area contributed by atoms with Gasteiger partial charge >= 0.3 is 0 Å². The SMILES string of the molecule is Cc1cc(N2CCCC(C)C2CN)ncc1[N+](=O)[O-]. The molecular formula is C13H20N4O2. The summed E-state index contributed by atoms with van der Waals surface area (Å²) in [5.41, 5.74) is 6.57. The van der Waals surface area contributed by atoms with Gasteiger partial charge in [-0.3, -0.25) is 10.1 Å². The number of rotatable bonds is 3. The Morgan fingerprint density at radius 2 is 2.37 bits per heavy atom. The zero-order valence-corrected chi connectivity index (χ0v) is 11.4. The van der Waals surface area contributed by atoms with Crippen LogP contribution in [0.25, 0.3) is 0 Å². The van der Waals surface area contributed by atoms with Crippen LogP contribution in [-0.2, 0) is 0 Å². The van der Waals surface area contributed by atoms with Crippen LogP contribution in [0.4, 0.5) is 11.5 Å². The van der Waals surface area contributed by atoms with E-state index < -0.39 is 4.92 Å². The van der Waals surface area contributed by atoms with E-state index in [0.717, 1.165) is 18.8 Å². The predicted octanol–water partition coefficient (Wildman–Crippen LogP) is 1.86. The molecule has 2 rings (SSSR count). The number of pyridine rings is 1. The maximum atomic E-state index is 10.8. The van der Waals surface area contributed by atoms with Gasteiger partial charge in [-0.25, -0.2) is 4.98 Å². The summed E-state index contributed by atoms with van der Waals surface area (Å²) >= 11 is 0. The highest BCUT2D eigenvalue weighted by Crippen LogP contribution is 2.29. The lowest BCUT2D eigenvalue weighted by Crippen LogP contribution is -2.49. The van der Waals surface area contributed by atoms with Crippen molar-refractivity contribution in [2.75, 3.05) is 18.0 Å². The highest BCUT2D eigenvalue weighted by molar-refractivity contribution is 5.49. The molecule has 1 aromatic rings. The number of nitro groups is 1. The van der Waals surface area contributed by atoms with E-state index in [0.29, 0.717) is 18.0 Å². The molecule has 2 unspecified atom stereocenters. The van der Waals surface area contributed by atoms with Gasteiger partial charge in [0.15, 0.2) is 0 Å². The summed E-state index contributed by atoms with van der Waals surface area (Å²) in [5, 5.41) is 10.8. The molecule has 1 fully saturated rings. The van der Waals surface area contributed by atoms with Crippen LogP contribution in [0, 0.1) is 23.0 Å². The smallest absolute Gasteiger partial charge is 0.290 e. The van der Waals surface area contributed by atoms with Crippen molar-refractivity contribution in [1.82, 2.24) is 4.98 Å². The molecule has 0 aliphatic carbocycles. The average molecular weight is 264 g/mol. The van der Waals surface area contributed by atoms with Crippen LogP contribution in [0.2, 0.25) is 0 Å². The lowest BCUT2D eigenvalue weighted by Gasteiger charge is -2.40. The Bertz CT molecular complexity index is 478. The van der Waals surface area contributed by atoms with Crippen LogP contribution in [0.5, 0.6) is 0 Å². The molecule has 2 N–H and O–H groups in total. The first-order valence-electron chi connectivity index (χ1n) is 6.62. The number of aryl methyl sites for hydroxylation is 1. The summed E-state index contributed by atoms with van der Waals surface area (Å²) in [6.07, 6.45) is 3.62. The molecule has 0 radical (unpaired) electrons. The Morgan fingerprint density at radius 1 is 1.63 bits per heavy atom. The van der Waals surface area contributed by atoms with E-state index in [2.05, 4.69) is 16.8 Å². The number of aromatic nitrogens is 1. The fraction of sp³-hybridized carbons (Fsp3) is 0.615. The van der Waals surface area contributed by atoms with Crippen LogP contribution in [-0.4, -0.2) is 29.0 Å². The van der Waals surface area contributed by atoms with E-state index >= 15 is 0 Å². The number of anilines is 1. The zero-order valence-electron chi connectivity index (χ0n) is 11.4. The minimum absolute atomic E-state index is 0.0677. The molecule has 6 heteroatoms. The standard InChI is InChI=1S/C13H20N4O2/c1-9-4-3-5-16(11(9)7-14)13-6-10(2)12(8-15-13)17(18)19/h6,8-9,11H,3-5,7,14H2,1-2H3. The first-order valence-corrected chi connectivity index (χ1v) is 6.62. The van der Waals surface area contributed by atoms with Gasteiger partial charge in [-0.1, -0.05) is 6.92 Å². The fourth-order valence-electron chi connectivity index (χ4n) is 2.78. The van der Waals surface area contributed by atoms with Crippen LogP contribution < -0.4 is 10.6 Å². The molecule has 0 bridgehead atoms. The van der Waals surface area contributed by atoms with E-state index in [1.54, 1.807) is 13.0 Å². The molecule has 2 heterocycles. The molecule has 1 aromatic heterocycles. The van der Waals surface area contributed by atoms with Crippen molar-refractivity contribution in [3.05, 3.63) is 27.9 Å².